The van der Waals surface area contributed by atoms with Gasteiger partial charge in [0.15, 0.2) is 0 Å². The van der Waals surface area contributed by atoms with Crippen molar-refractivity contribution in [3.63, 3.8) is 0 Å². The number of hydrogen-bond donors (Lipinski definition) is 2. The van der Waals surface area contributed by atoms with Gasteiger partial charge in [0.25, 0.3) is 0 Å². The van der Waals surface area contributed by atoms with E-state index in [4.69, 9.17) is 0 Å². The molecule has 2 N–H and O–H groups in total. The lowest BCUT2D eigenvalue weighted by atomic mass is 10.1. The summed E-state index contributed by atoms with van der Waals surface area (Å²) in [6, 6.07) is 13.7. The van der Waals surface area contributed by atoms with Crippen molar-refractivity contribution in [2.45, 2.75) is 13.3 Å². The molecule has 0 saturated heterocycles. The molecule has 0 aliphatic rings. The molecule has 0 saturated carbocycles. The summed E-state index contributed by atoms with van der Waals surface area (Å²) >= 11 is 0. The topological polar surface area (TPSA) is 57.8 Å². The Bertz CT molecular complexity index is 761. The van der Waals surface area contributed by atoms with Crippen molar-refractivity contribution in [2.75, 3.05) is 5.32 Å². The minimum absolute atomic E-state index is 0.0190. The van der Waals surface area contributed by atoms with E-state index in [2.05, 4.69) is 15.5 Å². The zero-order chi connectivity index (χ0) is 13.9. The second kappa shape index (κ2) is 5.17. The molecule has 0 atom stereocenters. The number of aromatic nitrogens is 2. The number of aryl methyl sites for hydroxylation is 1. The van der Waals surface area contributed by atoms with Crippen LogP contribution in [-0.2, 0) is 11.2 Å². The minimum atomic E-state index is -0.0190. The first-order valence-electron chi connectivity index (χ1n) is 6.49. The molecule has 0 aliphatic heterocycles. The summed E-state index contributed by atoms with van der Waals surface area (Å²) in [5.74, 6) is -0.0190. The normalized spacial score (nSPS) is 10.7. The molecule has 0 bridgehead atoms. The summed E-state index contributed by atoms with van der Waals surface area (Å²) in [5, 5.41) is 10.8. The second-order valence-electron chi connectivity index (χ2n) is 4.89. The third kappa shape index (κ3) is 2.69. The standard InChI is InChI=1S/C16H15N3O/c1-11-3-2-4-12(7-11)8-16(20)18-14-6-5-13-10-17-19-15(13)9-14/h2-7,9-10H,8H2,1H3,(H,17,19)(H,18,20). The summed E-state index contributed by atoms with van der Waals surface area (Å²) in [5.41, 5.74) is 3.87. The van der Waals surface area contributed by atoms with Crippen molar-refractivity contribution in [1.82, 2.24) is 10.2 Å². The summed E-state index contributed by atoms with van der Waals surface area (Å²) in [6.07, 6.45) is 2.14. The Labute approximate surface area is 116 Å². The quantitative estimate of drug-likeness (QED) is 0.764. The number of nitrogens with zero attached hydrogens (tertiary/aromatic N) is 1. The van der Waals surface area contributed by atoms with E-state index >= 15 is 0 Å². The van der Waals surface area contributed by atoms with E-state index < -0.39 is 0 Å². The van der Waals surface area contributed by atoms with Crippen LogP contribution in [0.15, 0.2) is 48.7 Å². The molecular formula is C16H15N3O. The van der Waals surface area contributed by atoms with Crippen LogP contribution >= 0.6 is 0 Å². The third-order valence-electron chi connectivity index (χ3n) is 3.17. The number of H-pyrrole nitrogens is 1. The number of anilines is 1. The molecule has 1 amide bonds. The van der Waals surface area contributed by atoms with E-state index in [1.54, 1.807) is 6.20 Å². The van der Waals surface area contributed by atoms with E-state index in [0.717, 1.165) is 27.7 Å². The number of rotatable bonds is 3. The smallest absolute Gasteiger partial charge is 0.228 e. The number of nitrogens with one attached hydrogen (secondary N) is 2. The third-order valence-corrected chi connectivity index (χ3v) is 3.17. The predicted octanol–water partition coefficient (Wildman–Crippen LogP) is 3.05. The van der Waals surface area contributed by atoms with Gasteiger partial charge in [-0.25, -0.2) is 0 Å². The van der Waals surface area contributed by atoms with Crippen LogP contribution < -0.4 is 5.32 Å². The van der Waals surface area contributed by atoms with Crippen molar-refractivity contribution in [3.05, 3.63) is 59.8 Å². The van der Waals surface area contributed by atoms with Crippen LogP contribution in [0.25, 0.3) is 10.9 Å². The van der Waals surface area contributed by atoms with Crippen LogP contribution in [0.5, 0.6) is 0 Å². The number of aromatic amines is 1. The summed E-state index contributed by atoms with van der Waals surface area (Å²) in [4.78, 5) is 12.0. The average molecular weight is 265 g/mol. The van der Waals surface area contributed by atoms with Crippen molar-refractivity contribution in [2.24, 2.45) is 0 Å². The zero-order valence-corrected chi connectivity index (χ0v) is 11.2. The molecule has 0 spiro atoms. The monoisotopic (exact) mass is 265 g/mol. The fourth-order valence-corrected chi connectivity index (χ4v) is 2.23. The first-order chi connectivity index (χ1) is 9.70. The molecule has 100 valence electrons. The Hall–Kier alpha value is -2.62. The van der Waals surface area contributed by atoms with Gasteiger partial charge in [0.2, 0.25) is 5.91 Å². The minimum Gasteiger partial charge on any atom is -0.326 e. The van der Waals surface area contributed by atoms with Crippen LogP contribution in [0.4, 0.5) is 5.69 Å². The van der Waals surface area contributed by atoms with Crippen LogP contribution in [0, 0.1) is 6.92 Å². The number of carbonyl (C=O) groups is 1. The van der Waals surface area contributed by atoms with Crippen molar-refractivity contribution in [3.8, 4) is 0 Å². The molecule has 4 nitrogen and oxygen atoms in total. The van der Waals surface area contributed by atoms with Gasteiger partial charge in [-0.05, 0) is 30.7 Å². The van der Waals surface area contributed by atoms with Gasteiger partial charge in [0.05, 0.1) is 18.1 Å². The molecule has 0 radical (unpaired) electrons. The maximum atomic E-state index is 12.0. The van der Waals surface area contributed by atoms with E-state index in [1.165, 1.54) is 0 Å². The number of fused-ring (bicyclic) bond motifs is 1. The largest absolute Gasteiger partial charge is 0.326 e. The van der Waals surface area contributed by atoms with Crippen LogP contribution in [-0.4, -0.2) is 16.1 Å². The second-order valence-corrected chi connectivity index (χ2v) is 4.89. The first kappa shape index (κ1) is 12.4. The number of hydrogen-bond acceptors (Lipinski definition) is 2. The molecule has 3 aromatic rings. The lowest BCUT2D eigenvalue weighted by Gasteiger charge is -2.06. The first-order valence-corrected chi connectivity index (χ1v) is 6.49. The van der Waals surface area contributed by atoms with Gasteiger partial charge in [-0.1, -0.05) is 29.8 Å². The number of benzene rings is 2. The Morgan fingerprint density at radius 3 is 3.00 bits per heavy atom. The number of carbonyl (C=O) groups excluding carboxylic acids is 1. The van der Waals surface area contributed by atoms with E-state index in [9.17, 15) is 4.79 Å². The SMILES string of the molecule is Cc1cccc(CC(=O)Nc2ccc3cn[nH]c3c2)c1. The van der Waals surface area contributed by atoms with Crippen LogP contribution in [0.3, 0.4) is 0 Å². The van der Waals surface area contributed by atoms with Gasteiger partial charge in [0.1, 0.15) is 0 Å². The van der Waals surface area contributed by atoms with Gasteiger partial charge >= 0.3 is 0 Å². The highest BCUT2D eigenvalue weighted by Gasteiger charge is 2.05. The summed E-state index contributed by atoms with van der Waals surface area (Å²) in [6.45, 7) is 2.02. The van der Waals surface area contributed by atoms with Gasteiger partial charge in [-0.15, -0.1) is 0 Å². The van der Waals surface area contributed by atoms with Crippen molar-refractivity contribution >= 4 is 22.5 Å². The fraction of sp³-hybridized carbons (Fsp3) is 0.125. The van der Waals surface area contributed by atoms with Crippen molar-refractivity contribution in [1.29, 1.82) is 0 Å². The van der Waals surface area contributed by atoms with E-state index in [0.29, 0.717) is 6.42 Å². The van der Waals surface area contributed by atoms with Crippen LogP contribution in [0.2, 0.25) is 0 Å². The van der Waals surface area contributed by atoms with Crippen LogP contribution in [0.1, 0.15) is 11.1 Å². The van der Waals surface area contributed by atoms with Gasteiger partial charge in [-0.2, -0.15) is 5.10 Å². The Morgan fingerprint density at radius 1 is 1.25 bits per heavy atom. The Morgan fingerprint density at radius 2 is 2.15 bits per heavy atom. The Balaban J connectivity index is 1.72. The molecule has 1 heterocycles. The molecule has 0 aliphatic carbocycles. The molecule has 0 unspecified atom stereocenters. The molecule has 2 aromatic carbocycles. The molecule has 20 heavy (non-hydrogen) atoms. The van der Waals surface area contributed by atoms with E-state index in [1.807, 2.05) is 49.4 Å². The molecule has 4 heteroatoms. The summed E-state index contributed by atoms with van der Waals surface area (Å²) < 4.78 is 0. The molecule has 1 aromatic heterocycles. The average Bonchev–Trinajstić information content (AvgIpc) is 2.86. The maximum Gasteiger partial charge on any atom is 0.228 e. The van der Waals surface area contributed by atoms with Gasteiger partial charge < -0.3 is 5.32 Å². The highest BCUT2D eigenvalue weighted by molar-refractivity contribution is 5.94. The zero-order valence-electron chi connectivity index (χ0n) is 11.2. The maximum absolute atomic E-state index is 12.0. The molecular weight excluding hydrogens is 250 g/mol. The fourth-order valence-electron chi connectivity index (χ4n) is 2.23. The Kier molecular flexibility index (Phi) is 3.21. The highest BCUT2D eigenvalue weighted by Crippen LogP contribution is 2.16. The lowest BCUT2D eigenvalue weighted by Crippen LogP contribution is -2.14. The molecule has 3 rings (SSSR count). The lowest BCUT2D eigenvalue weighted by molar-refractivity contribution is -0.115. The van der Waals surface area contributed by atoms with Gasteiger partial charge in [-0.3, -0.25) is 9.89 Å². The van der Waals surface area contributed by atoms with Crippen molar-refractivity contribution < 1.29 is 4.79 Å². The molecule has 0 fully saturated rings. The summed E-state index contributed by atoms with van der Waals surface area (Å²) in [7, 11) is 0. The van der Waals surface area contributed by atoms with Gasteiger partial charge in [0, 0.05) is 11.1 Å². The predicted molar refractivity (Wildman–Crippen MR) is 79.6 cm³/mol. The number of amides is 1. The van der Waals surface area contributed by atoms with E-state index in [-0.39, 0.29) is 5.91 Å². The highest BCUT2D eigenvalue weighted by atomic mass is 16.1.